The van der Waals surface area contributed by atoms with E-state index in [1.165, 1.54) is 23.9 Å². The number of carbonyl (C=O) groups is 1. The third kappa shape index (κ3) is 5.67. The van der Waals surface area contributed by atoms with Gasteiger partial charge in [0.2, 0.25) is 5.91 Å². The molecule has 1 atom stereocenters. The molecule has 0 aliphatic rings. The van der Waals surface area contributed by atoms with Crippen LogP contribution in [0.3, 0.4) is 0 Å². The van der Waals surface area contributed by atoms with E-state index in [4.69, 9.17) is 0 Å². The molecule has 0 saturated heterocycles. The quantitative estimate of drug-likeness (QED) is 0.290. The minimum atomic E-state index is -0.430. The Kier molecular flexibility index (Phi) is 7.19. The van der Waals surface area contributed by atoms with Gasteiger partial charge in [-0.2, -0.15) is 0 Å². The van der Waals surface area contributed by atoms with E-state index in [0.717, 1.165) is 21.6 Å². The highest BCUT2D eigenvalue weighted by atomic mass is 32.2. The molecule has 0 N–H and O–H groups in total. The number of nitro benzene ring substituents is 1. The summed E-state index contributed by atoms with van der Waals surface area (Å²) in [4.78, 5) is 30.5. The van der Waals surface area contributed by atoms with E-state index < -0.39 is 4.92 Å². The van der Waals surface area contributed by atoms with Gasteiger partial charge in [-0.25, -0.2) is 0 Å². The summed E-state index contributed by atoms with van der Waals surface area (Å²) in [5.74, 6) is 0.00505. The van der Waals surface area contributed by atoms with E-state index >= 15 is 0 Å². The summed E-state index contributed by atoms with van der Waals surface area (Å²) in [5, 5.41) is 10.5. The van der Waals surface area contributed by atoms with Crippen molar-refractivity contribution < 1.29 is 9.72 Å². The van der Waals surface area contributed by atoms with Crippen molar-refractivity contribution in [2.24, 2.45) is 0 Å². The molecule has 1 unspecified atom stereocenters. The van der Waals surface area contributed by atoms with Gasteiger partial charge in [0.1, 0.15) is 0 Å². The maximum atomic E-state index is 13.3. The number of benzene rings is 2. The maximum absolute atomic E-state index is 13.3. The standard InChI is InChI=1S/C23H23N3O3S/c1-17-6-3-4-8-20(17)16-25(15-19-7-5-13-24-14-19)23(27)18(2)30-22-11-9-21(10-12-22)26(28)29/h3-14,18H,15-16H2,1-2H3. The molecule has 1 amide bonds. The molecule has 154 valence electrons. The van der Waals surface area contributed by atoms with Gasteiger partial charge in [-0.05, 0) is 48.7 Å². The van der Waals surface area contributed by atoms with Crippen molar-refractivity contribution in [3.8, 4) is 0 Å². The van der Waals surface area contributed by atoms with Gasteiger partial charge in [0.05, 0.1) is 10.2 Å². The molecule has 0 saturated carbocycles. The zero-order chi connectivity index (χ0) is 21.5. The number of non-ortho nitro benzene ring substituents is 1. The summed E-state index contributed by atoms with van der Waals surface area (Å²) in [6.07, 6.45) is 3.48. The lowest BCUT2D eigenvalue weighted by atomic mass is 10.1. The summed E-state index contributed by atoms with van der Waals surface area (Å²) < 4.78 is 0. The molecule has 7 heteroatoms. The van der Waals surface area contributed by atoms with Crippen LogP contribution in [0.25, 0.3) is 0 Å². The highest BCUT2D eigenvalue weighted by Gasteiger charge is 2.23. The van der Waals surface area contributed by atoms with Crippen molar-refractivity contribution in [2.45, 2.75) is 37.1 Å². The number of thioether (sulfide) groups is 1. The number of pyridine rings is 1. The first-order chi connectivity index (χ1) is 14.4. The van der Waals surface area contributed by atoms with Gasteiger partial charge in [-0.15, -0.1) is 11.8 Å². The first-order valence-electron chi connectivity index (χ1n) is 9.57. The Morgan fingerprint density at radius 3 is 2.47 bits per heavy atom. The Balaban J connectivity index is 1.77. The van der Waals surface area contributed by atoms with Crippen LogP contribution < -0.4 is 0 Å². The first-order valence-corrected chi connectivity index (χ1v) is 10.5. The summed E-state index contributed by atoms with van der Waals surface area (Å²) in [7, 11) is 0. The minimum Gasteiger partial charge on any atom is -0.333 e. The van der Waals surface area contributed by atoms with Crippen molar-refractivity contribution in [3.63, 3.8) is 0 Å². The van der Waals surface area contributed by atoms with E-state index in [-0.39, 0.29) is 16.8 Å². The molecule has 0 aliphatic heterocycles. The van der Waals surface area contributed by atoms with Crippen LogP contribution in [-0.4, -0.2) is 26.0 Å². The van der Waals surface area contributed by atoms with Crippen LogP contribution in [0.1, 0.15) is 23.6 Å². The highest BCUT2D eigenvalue weighted by Crippen LogP contribution is 2.27. The van der Waals surface area contributed by atoms with Crippen LogP contribution in [0.2, 0.25) is 0 Å². The number of rotatable bonds is 8. The molecule has 0 fully saturated rings. The number of hydrogen-bond donors (Lipinski definition) is 0. The van der Waals surface area contributed by atoms with Crippen LogP contribution in [-0.2, 0) is 17.9 Å². The normalized spacial score (nSPS) is 11.7. The van der Waals surface area contributed by atoms with Crippen LogP contribution in [0.4, 0.5) is 5.69 Å². The van der Waals surface area contributed by atoms with Crippen molar-refractivity contribution in [1.29, 1.82) is 0 Å². The van der Waals surface area contributed by atoms with Crippen LogP contribution >= 0.6 is 11.8 Å². The second-order valence-electron chi connectivity index (χ2n) is 6.99. The molecular weight excluding hydrogens is 398 g/mol. The Morgan fingerprint density at radius 1 is 1.10 bits per heavy atom. The lowest BCUT2D eigenvalue weighted by molar-refractivity contribution is -0.384. The third-order valence-electron chi connectivity index (χ3n) is 4.74. The smallest absolute Gasteiger partial charge is 0.269 e. The van der Waals surface area contributed by atoms with Gasteiger partial charge >= 0.3 is 0 Å². The second kappa shape index (κ2) is 10.0. The molecule has 1 aromatic heterocycles. The molecule has 0 aliphatic carbocycles. The Morgan fingerprint density at radius 2 is 1.83 bits per heavy atom. The van der Waals surface area contributed by atoms with E-state index in [1.807, 2.05) is 55.1 Å². The van der Waals surface area contributed by atoms with Gasteiger partial charge < -0.3 is 4.90 Å². The molecular formula is C23H23N3O3S. The van der Waals surface area contributed by atoms with Gasteiger partial charge in [-0.1, -0.05) is 30.3 Å². The molecule has 1 heterocycles. The van der Waals surface area contributed by atoms with E-state index in [1.54, 1.807) is 24.5 Å². The van der Waals surface area contributed by atoms with Crippen molar-refractivity contribution in [1.82, 2.24) is 9.88 Å². The van der Waals surface area contributed by atoms with Crippen LogP contribution in [0.5, 0.6) is 0 Å². The zero-order valence-corrected chi connectivity index (χ0v) is 17.7. The minimum absolute atomic E-state index is 0.00505. The number of nitro groups is 1. The Hall–Kier alpha value is -3.19. The average molecular weight is 422 g/mol. The predicted octanol–water partition coefficient (Wildman–Crippen LogP) is 5.01. The SMILES string of the molecule is Cc1ccccc1CN(Cc1cccnc1)C(=O)C(C)Sc1ccc([N+](=O)[O-])cc1. The first kappa shape index (κ1) is 21.5. The van der Waals surface area contributed by atoms with Crippen molar-refractivity contribution in [2.75, 3.05) is 0 Å². The van der Waals surface area contributed by atoms with Crippen molar-refractivity contribution in [3.05, 3.63) is 99.9 Å². The zero-order valence-electron chi connectivity index (χ0n) is 16.9. The number of carbonyl (C=O) groups excluding carboxylic acids is 1. The fourth-order valence-corrected chi connectivity index (χ4v) is 4.03. The summed E-state index contributed by atoms with van der Waals surface area (Å²) >= 11 is 1.40. The van der Waals surface area contributed by atoms with Gasteiger partial charge in [0.15, 0.2) is 0 Å². The van der Waals surface area contributed by atoms with Crippen molar-refractivity contribution >= 4 is 23.4 Å². The summed E-state index contributed by atoms with van der Waals surface area (Å²) in [6, 6.07) is 18.1. The Labute approximate surface area is 180 Å². The topological polar surface area (TPSA) is 76.3 Å². The lowest BCUT2D eigenvalue weighted by Gasteiger charge is -2.26. The van der Waals surface area contributed by atoms with E-state index in [2.05, 4.69) is 4.98 Å². The molecule has 2 aromatic carbocycles. The van der Waals surface area contributed by atoms with Crippen LogP contribution in [0.15, 0.2) is 78.0 Å². The molecule has 3 aromatic rings. The average Bonchev–Trinajstić information content (AvgIpc) is 2.75. The second-order valence-corrected chi connectivity index (χ2v) is 8.41. The van der Waals surface area contributed by atoms with E-state index in [0.29, 0.717) is 13.1 Å². The number of nitrogens with zero attached hydrogens (tertiary/aromatic N) is 3. The number of aromatic nitrogens is 1. The molecule has 0 bridgehead atoms. The largest absolute Gasteiger partial charge is 0.333 e. The molecule has 3 rings (SSSR count). The monoisotopic (exact) mass is 421 g/mol. The lowest BCUT2D eigenvalue weighted by Crippen LogP contribution is -2.36. The fourth-order valence-electron chi connectivity index (χ4n) is 3.07. The molecule has 0 radical (unpaired) electrons. The molecule has 0 spiro atoms. The molecule has 30 heavy (non-hydrogen) atoms. The third-order valence-corrected chi connectivity index (χ3v) is 5.84. The fraction of sp³-hybridized carbons (Fsp3) is 0.217. The number of hydrogen-bond acceptors (Lipinski definition) is 5. The predicted molar refractivity (Wildman–Crippen MR) is 118 cm³/mol. The number of aryl methyl sites for hydroxylation is 1. The Bertz CT molecular complexity index is 1010. The molecule has 6 nitrogen and oxygen atoms in total. The number of amides is 1. The summed E-state index contributed by atoms with van der Waals surface area (Å²) in [5.41, 5.74) is 3.24. The van der Waals surface area contributed by atoms with Crippen LogP contribution in [0, 0.1) is 17.0 Å². The van der Waals surface area contributed by atoms with Gasteiger partial charge in [0, 0.05) is 42.5 Å². The highest BCUT2D eigenvalue weighted by molar-refractivity contribution is 8.00. The summed E-state index contributed by atoms with van der Waals surface area (Å²) in [6.45, 7) is 4.87. The van der Waals surface area contributed by atoms with E-state index in [9.17, 15) is 14.9 Å². The maximum Gasteiger partial charge on any atom is 0.269 e. The van der Waals surface area contributed by atoms with Gasteiger partial charge in [-0.3, -0.25) is 19.9 Å². The van der Waals surface area contributed by atoms with Gasteiger partial charge in [0.25, 0.3) is 5.69 Å².